The fourth-order valence-corrected chi connectivity index (χ4v) is 5.18. The summed E-state index contributed by atoms with van der Waals surface area (Å²) in [4.78, 5) is 26.3. The number of benzene rings is 2. The highest BCUT2D eigenvalue weighted by Gasteiger charge is 2.38. The Balaban J connectivity index is 1.64. The fourth-order valence-electron chi connectivity index (χ4n) is 4.85. The van der Waals surface area contributed by atoms with Crippen LogP contribution in [0.4, 0.5) is 0 Å². The van der Waals surface area contributed by atoms with Crippen molar-refractivity contribution in [2.24, 2.45) is 17.3 Å². The normalized spacial score (nSPS) is 13.0. The lowest BCUT2D eigenvalue weighted by atomic mass is 9.73. The summed E-state index contributed by atoms with van der Waals surface area (Å²) in [7, 11) is 0. The van der Waals surface area contributed by atoms with Crippen molar-refractivity contribution < 1.29 is 9.53 Å². The van der Waals surface area contributed by atoms with E-state index in [9.17, 15) is 9.59 Å². The number of rotatable bonds is 13. The highest BCUT2D eigenvalue weighted by atomic mass is 32.1. The number of hydrogen-bond acceptors (Lipinski definition) is 4. The van der Waals surface area contributed by atoms with E-state index < -0.39 is 5.41 Å². The first-order chi connectivity index (χ1) is 18.1. The van der Waals surface area contributed by atoms with Crippen LogP contribution >= 0.6 is 12.2 Å². The van der Waals surface area contributed by atoms with E-state index in [4.69, 9.17) is 17.0 Å². The van der Waals surface area contributed by atoms with Crippen LogP contribution in [0, 0.1) is 22.0 Å². The molecule has 1 unspecified atom stereocenters. The molecule has 1 aromatic heterocycles. The maximum absolute atomic E-state index is 13.5. The van der Waals surface area contributed by atoms with Gasteiger partial charge in [0.2, 0.25) is 0 Å². The molecule has 0 aliphatic heterocycles. The molecule has 0 N–H and O–H groups in total. The Hall–Kier alpha value is -2.99. The molecule has 1 atom stereocenters. The van der Waals surface area contributed by atoms with Gasteiger partial charge in [0.15, 0.2) is 4.77 Å². The van der Waals surface area contributed by atoms with Gasteiger partial charge in [-0.05, 0) is 74.4 Å². The van der Waals surface area contributed by atoms with Crippen LogP contribution < -0.4 is 5.56 Å². The zero-order valence-corrected chi connectivity index (χ0v) is 24.3. The summed E-state index contributed by atoms with van der Waals surface area (Å²) in [6, 6.07) is 19.6. The first-order valence-electron chi connectivity index (χ1n) is 13.8. The van der Waals surface area contributed by atoms with E-state index >= 15 is 0 Å². The van der Waals surface area contributed by atoms with Gasteiger partial charge in [-0.3, -0.25) is 18.7 Å². The Morgan fingerprint density at radius 3 is 2.13 bits per heavy atom. The molecule has 3 rings (SSSR count). The fraction of sp³-hybridized carbons (Fsp3) is 0.469. The van der Waals surface area contributed by atoms with Crippen molar-refractivity contribution in [3.05, 3.63) is 82.0 Å². The van der Waals surface area contributed by atoms with E-state index in [1.54, 1.807) is 4.57 Å². The topological polar surface area (TPSA) is 53.2 Å². The second-order valence-corrected chi connectivity index (χ2v) is 11.4. The summed E-state index contributed by atoms with van der Waals surface area (Å²) in [5, 5.41) is 0. The monoisotopic (exact) mass is 534 g/mol. The van der Waals surface area contributed by atoms with Gasteiger partial charge in [0.25, 0.3) is 5.56 Å². The van der Waals surface area contributed by atoms with Crippen LogP contribution in [-0.4, -0.2) is 21.7 Å². The van der Waals surface area contributed by atoms with Crippen LogP contribution in [0.15, 0.2) is 71.7 Å². The van der Waals surface area contributed by atoms with Crippen molar-refractivity contribution in [3.63, 3.8) is 0 Å². The number of aromatic nitrogens is 2. The summed E-state index contributed by atoms with van der Waals surface area (Å²) >= 11 is 5.77. The van der Waals surface area contributed by atoms with E-state index in [0.29, 0.717) is 29.4 Å². The molecule has 0 saturated heterocycles. The Morgan fingerprint density at radius 1 is 0.921 bits per heavy atom. The van der Waals surface area contributed by atoms with Crippen molar-refractivity contribution in [2.75, 3.05) is 6.61 Å². The summed E-state index contributed by atoms with van der Waals surface area (Å²) in [6.45, 7) is 11.5. The quantitative estimate of drug-likeness (QED) is 0.127. The number of esters is 1. The number of para-hydroxylation sites is 1. The van der Waals surface area contributed by atoms with Crippen molar-refractivity contribution in [3.8, 4) is 16.8 Å². The van der Waals surface area contributed by atoms with Crippen molar-refractivity contribution in [1.29, 1.82) is 0 Å². The minimum absolute atomic E-state index is 0.0690. The summed E-state index contributed by atoms with van der Waals surface area (Å²) < 4.78 is 9.81. The molecule has 0 fully saturated rings. The molecule has 5 nitrogen and oxygen atoms in total. The molecular formula is C32H42N2O3S. The van der Waals surface area contributed by atoms with Crippen molar-refractivity contribution >= 4 is 18.2 Å². The van der Waals surface area contributed by atoms with E-state index in [1.807, 2.05) is 78.4 Å². The zero-order valence-electron chi connectivity index (χ0n) is 23.5. The van der Waals surface area contributed by atoms with Gasteiger partial charge in [-0.2, -0.15) is 0 Å². The van der Waals surface area contributed by atoms with Gasteiger partial charge >= 0.3 is 5.97 Å². The Labute approximate surface area is 232 Å². The molecular weight excluding hydrogens is 492 g/mol. The average molecular weight is 535 g/mol. The van der Waals surface area contributed by atoms with Gasteiger partial charge in [-0.1, -0.05) is 82.6 Å². The largest absolute Gasteiger partial charge is 0.465 e. The third-order valence-corrected chi connectivity index (χ3v) is 7.79. The standard InChI is InChI=1S/C32H42N2O3S/c1-24(2)22-32(5,25(3)4)30(36)37-21-15-7-6-14-20-33-29(35)28(26-16-10-8-11-17-26)23-34(31(33)38)27-18-12-9-13-19-27/h8-13,16-19,23-25H,6-7,14-15,20-22H2,1-5H3. The molecule has 0 aliphatic rings. The molecule has 2 aromatic carbocycles. The van der Waals surface area contributed by atoms with Gasteiger partial charge < -0.3 is 4.74 Å². The molecule has 1 heterocycles. The molecule has 0 radical (unpaired) electrons. The molecule has 3 aromatic rings. The lowest BCUT2D eigenvalue weighted by molar-refractivity contribution is -0.159. The van der Waals surface area contributed by atoms with E-state index in [0.717, 1.165) is 43.4 Å². The molecule has 6 heteroatoms. The highest BCUT2D eigenvalue weighted by molar-refractivity contribution is 7.71. The SMILES string of the molecule is CC(C)CC(C)(C(=O)OCCCCCCn1c(=O)c(-c2ccccc2)cn(-c2ccccc2)c1=S)C(C)C. The summed E-state index contributed by atoms with van der Waals surface area (Å²) in [5.41, 5.74) is 1.91. The smallest absolute Gasteiger partial charge is 0.312 e. The van der Waals surface area contributed by atoms with Gasteiger partial charge in [0.1, 0.15) is 0 Å². The van der Waals surface area contributed by atoms with Gasteiger partial charge in [0, 0.05) is 18.4 Å². The van der Waals surface area contributed by atoms with E-state index in [2.05, 4.69) is 27.7 Å². The molecule has 0 amide bonds. The lowest BCUT2D eigenvalue weighted by Gasteiger charge is -2.32. The van der Waals surface area contributed by atoms with Crippen LogP contribution in [0.25, 0.3) is 16.8 Å². The number of carbonyl (C=O) groups is 1. The van der Waals surface area contributed by atoms with Crippen LogP contribution in [0.3, 0.4) is 0 Å². The first kappa shape index (κ1) is 29.6. The predicted molar refractivity (Wildman–Crippen MR) is 158 cm³/mol. The number of hydrogen-bond donors (Lipinski definition) is 0. The molecule has 0 aliphatic carbocycles. The third-order valence-electron chi connectivity index (χ3n) is 7.37. The number of ether oxygens (including phenoxy) is 1. The van der Waals surface area contributed by atoms with Crippen LogP contribution in [0.1, 0.15) is 66.7 Å². The van der Waals surface area contributed by atoms with Crippen LogP contribution in [0.2, 0.25) is 0 Å². The average Bonchev–Trinajstić information content (AvgIpc) is 2.90. The Bertz CT molecular complexity index is 1220. The number of unbranched alkanes of at least 4 members (excludes halogenated alkanes) is 3. The Kier molecular flexibility index (Phi) is 10.7. The molecule has 0 spiro atoms. The zero-order chi connectivity index (χ0) is 27.7. The minimum atomic E-state index is -0.451. The third kappa shape index (κ3) is 7.31. The molecule has 0 saturated carbocycles. The van der Waals surface area contributed by atoms with Crippen LogP contribution in [-0.2, 0) is 16.1 Å². The first-order valence-corrected chi connectivity index (χ1v) is 14.2. The number of nitrogens with zero attached hydrogens (tertiary/aromatic N) is 2. The van der Waals surface area contributed by atoms with Gasteiger partial charge in [0.05, 0.1) is 17.6 Å². The second-order valence-electron chi connectivity index (χ2n) is 11.1. The minimum Gasteiger partial charge on any atom is -0.465 e. The van der Waals surface area contributed by atoms with Gasteiger partial charge in [-0.25, -0.2) is 0 Å². The molecule has 38 heavy (non-hydrogen) atoms. The van der Waals surface area contributed by atoms with E-state index in [-0.39, 0.29) is 17.4 Å². The second kappa shape index (κ2) is 13.7. The van der Waals surface area contributed by atoms with Gasteiger partial charge in [-0.15, -0.1) is 0 Å². The summed E-state index contributed by atoms with van der Waals surface area (Å²) in [6.07, 6.45) is 6.16. The van der Waals surface area contributed by atoms with E-state index in [1.165, 1.54) is 0 Å². The maximum Gasteiger partial charge on any atom is 0.312 e. The summed E-state index contributed by atoms with van der Waals surface area (Å²) in [5.74, 6) is 0.578. The van der Waals surface area contributed by atoms with Crippen molar-refractivity contribution in [2.45, 2.75) is 73.3 Å². The number of carbonyl (C=O) groups excluding carboxylic acids is 1. The molecule has 0 bridgehead atoms. The highest BCUT2D eigenvalue weighted by Crippen LogP contribution is 2.35. The van der Waals surface area contributed by atoms with Crippen LogP contribution in [0.5, 0.6) is 0 Å². The lowest BCUT2D eigenvalue weighted by Crippen LogP contribution is -2.36. The predicted octanol–water partition coefficient (Wildman–Crippen LogP) is 7.85. The maximum atomic E-state index is 13.5. The molecule has 204 valence electrons. The van der Waals surface area contributed by atoms with Crippen molar-refractivity contribution in [1.82, 2.24) is 9.13 Å². The Morgan fingerprint density at radius 2 is 1.53 bits per heavy atom.